The Balaban J connectivity index is 1.51. The van der Waals surface area contributed by atoms with Crippen molar-refractivity contribution in [3.8, 4) is 11.6 Å². The minimum Gasteiger partial charge on any atom is -0.439 e. The van der Waals surface area contributed by atoms with E-state index in [9.17, 15) is 4.79 Å². The molecule has 0 unspecified atom stereocenters. The number of nitrogens with one attached hydrogen (secondary N) is 1. The molecule has 0 saturated carbocycles. The second-order valence-electron chi connectivity index (χ2n) is 5.83. The molecule has 0 aliphatic heterocycles. The molecule has 0 saturated heterocycles. The summed E-state index contributed by atoms with van der Waals surface area (Å²) in [5, 5.41) is 2.85. The Kier molecular flexibility index (Phi) is 5.42. The van der Waals surface area contributed by atoms with Crippen molar-refractivity contribution < 1.29 is 9.53 Å². The van der Waals surface area contributed by atoms with Crippen molar-refractivity contribution >= 4 is 11.6 Å². The predicted octanol–water partition coefficient (Wildman–Crippen LogP) is 4.75. The van der Waals surface area contributed by atoms with Gasteiger partial charge in [-0.05, 0) is 37.1 Å². The lowest BCUT2D eigenvalue weighted by atomic mass is 10.1. The van der Waals surface area contributed by atoms with Gasteiger partial charge in [0.25, 0.3) is 0 Å². The molecule has 4 nitrogen and oxygen atoms in total. The number of carbonyl (C=O) groups excluding carboxylic acids is 1. The average Bonchev–Trinajstić information content (AvgIpc) is 2.64. The zero-order valence-corrected chi connectivity index (χ0v) is 14.1. The summed E-state index contributed by atoms with van der Waals surface area (Å²) in [5.74, 6) is 1.20. The van der Waals surface area contributed by atoms with Crippen molar-refractivity contribution in [2.75, 3.05) is 5.32 Å². The second kappa shape index (κ2) is 8.11. The lowest BCUT2D eigenvalue weighted by molar-refractivity contribution is -0.116. The number of nitrogens with zero attached hydrogens (tertiary/aromatic N) is 1. The quantitative estimate of drug-likeness (QED) is 0.708. The fourth-order valence-corrected chi connectivity index (χ4v) is 2.37. The number of pyridine rings is 1. The first kappa shape index (κ1) is 16.7. The first-order valence-corrected chi connectivity index (χ1v) is 8.23. The zero-order valence-electron chi connectivity index (χ0n) is 14.1. The summed E-state index contributed by atoms with van der Waals surface area (Å²) in [6, 6.07) is 21.3. The van der Waals surface area contributed by atoms with Crippen LogP contribution < -0.4 is 10.1 Å². The Morgan fingerprint density at radius 1 is 1.00 bits per heavy atom. The van der Waals surface area contributed by atoms with Gasteiger partial charge in [-0.2, -0.15) is 0 Å². The van der Waals surface area contributed by atoms with Crippen LogP contribution in [-0.4, -0.2) is 10.9 Å². The van der Waals surface area contributed by atoms with Gasteiger partial charge in [-0.1, -0.05) is 48.0 Å². The highest BCUT2D eigenvalue weighted by Crippen LogP contribution is 2.20. The van der Waals surface area contributed by atoms with E-state index in [1.54, 1.807) is 18.3 Å². The van der Waals surface area contributed by atoms with Gasteiger partial charge in [-0.25, -0.2) is 4.98 Å². The van der Waals surface area contributed by atoms with E-state index in [4.69, 9.17) is 4.74 Å². The first-order valence-electron chi connectivity index (χ1n) is 8.23. The van der Waals surface area contributed by atoms with Crippen LogP contribution in [0.2, 0.25) is 0 Å². The summed E-state index contributed by atoms with van der Waals surface area (Å²) >= 11 is 0. The van der Waals surface area contributed by atoms with Gasteiger partial charge in [0.2, 0.25) is 11.8 Å². The number of aryl methyl sites for hydroxylation is 2. The van der Waals surface area contributed by atoms with Crippen LogP contribution in [0.15, 0.2) is 72.9 Å². The van der Waals surface area contributed by atoms with Gasteiger partial charge >= 0.3 is 0 Å². The van der Waals surface area contributed by atoms with E-state index < -0.39 is 0 Å². The Hall–Kier alpha value is -3.14. The van der Waals surface area contributed by atoms with Crippen LogP contribution in [-0.2, 0) is 11.2 Å². The second-order valence-corrected chi connectivity index (χ2v) is 5.83. The van der Waals surface area contributed by atoms with Crippen molar-refractivity contribution in [2.45, 2.75) is 19.8 Å². The minimum absolute atomic E-state index is 0.0298. The van der Waals surface area contributed by atoms with Crippen LogP contribution in [0.5, 0.6) is 11.6 Å². The maximum atomic E-state index is 12.0. The summed E-state index contributed by atoms with van der Waals surface area (Å²) in [6.07, 6.45) is 2.75. The van der Waals surface area contributed by atoms with E-state index >= 15 is 0 Å². The SMILES string of the molecule is Cc1ccc(Oc2ccc(NC(=O)CCc3ccccc3)cn2)cc1. The molecule has 1 aromatic heterocycles. The number of hydrogen-bond acceptors (Lipinski definition) is 3. The number of rotatable bonds is 6. The summed E-state index contributed by atoms with van der Waals surface area (Å²) < 4.78 is 5.67. The van der Waals surface area contributed by atoms with E-state index in [1.807, 2.05) is 61.5 Å². The van der Waals surface area contributed by atoms with Crippen LogP contribution >= 0.6 is 0 Å². The number of amides is 1. The molecule has 0 atom stereocenters. The molecule has 1 heterocycles. The average molecular weight is 332 g/mol. The standard InChI is InChI=1S/C21H20N2O2/c1-16-7-11-19(12-8-16)25-21-14-10-18(15-22-21)23-20(24)13-9-17-5-3-2-4-6-17/h2-8,10-12,14-15H,9,13H2,1H3,(H,23,24). The van der Waals surface area contributed by atoms with E-state index in [2.05, 4.69) is 10.3 Å². The van der Waals surface area contributed by atoms with Crippen molar-refractivity contribution in [3.05, 3.63) is 84.1 Å². The highest BCUT2D eigenvalue weighted by atomic mass is 16.5. The van der Waals surface area contributed by atoms with Gasteiger partial charge < -0.3 is 10.1 Å². The number of anilines is 1. The Bertz CT molecular complexity index is 813. The van der Waals surface area contributed by atoms with Crippen molar-refractivity contribution in [3.63, 3.8) is 0 Å². The van der Waals surface area contributed by atoms with Gasteiger partial charge in [-0.3, -0.25) is 4.79 Å². The molecular weight excluding hydrogens is 312 g/mol. The normalized spacial score (nSPS) is 10.3. The molecule has 25 heavy (non-hydrogen) atoms. The monoisotopic (exact) mass is 332 g/mol. The van der Waals surface area contributed by atoms with Gasteiger partial charge in [0.15, 0.2) is 0 Å². The lowest BCUT2D eigenvalue weighted by Crippen LogP contribution is -2.12. The molecule has 0 bridgehead atoms. The summed E-state index contributed by atoms with van der Waals surface area (Å²) in [4.78, 5) is 16.3. The summed E-state index contributed by atoms with van der Waals surface area (Å²) in [5.41, 5.74) is 2.99. The fraction of sp³-hybridized carbons (Fsp3) is 0.143. The van der Waals surface area contributed by atoms with E-state index in [0.29, 0.717) is 24.4 Å². The molecule has 0 radical (unpaired) electrons. The minimum atomic E-state index is -0.0298. The highest BCUT2D eigenvalue weighted by molar-refractivity contribution is 5.90. The van der Waals surface area contributed by atoms with Crippen LogP contribution in [0, 0.1) is 6.92 Å². The molecule has 0 spiro atoms. The molecule has 3 rings (SSSR count). The third kappa shape index (κ3) is 5.18. The summed E-state index contributed by atoms with van der Waals surface area (Å²) in [6.45, 7) is 2.03. The Morgan fingerprint density at radius 3 is 2.44 bits per heavy atom. The molecule has 0 aliphatic carbocycles. The lowest BCUT2D eigenvalue weighted by Gasteiger charge is -2.07. The summed E-state index contributed by atoms with van der Waals surface area (Å²) in [7, 11) is 0. The van der Waals surface area contributed by atoms with Gasteiger partial charge in [-0.15, -0.1) is 0 Å². The van der Waals surface area contributed by atoms with Crippen molar-refractivity contribution in [2.24, 2.45) is 0 Å². The van der Waals surface area contributed by atoms with Crippen molar-refractivity contribution in [1.82, 2.24) is 4.98 Å². The highest BCUT2D eigenvalue weighted by Gasteiger charge is 2.05. The molecule has 1 amide bonds. The van der Waals surface area contributed by atoms with E-state index in [0.717, 1.165) is 11.3 Å². The molecule has 126 valence electrons. The zero-order chi connectivity index (χ0) is 17.5. The largest absolute Gasteiger partial charge is 0.439 e. The fourth-order valence-electron chi connectivity index (χ4n) is 2.37. The maximum absolute atomic E-state index is 12.0. The van der Waals surface area contributed by atoms with E-state index in [-0.39, 0.29) is 5.91 Å². The maximum Gasteiger partial charge on any atom is 0.224 e. The Morgan fingerprint density at radius 2 is 1.76 bits per heavy atom. The molecule has 4 heteroatoms. The van der Waals surface area contributed by atoms with Crippen LogP contribution in [0.25, 0.3) is 0 Å². The predicted molar refractivity (Wildman–Crippen MR) is 98.9 cm³/mol. The van der Waals surface area contributed by atoms with E-state index in [1.165, 1.54) is 5.56 Å². The third-order valence-electron chi connectivity index (χ3n) is 3.75. The number of aromatic nitrogens is 1. The smallest absolute Gasteiger partial charge is 0.224 e. The number of ether oxygens (including phenoxy) is 1. The molecule has 0 fully saturated rings. The Labute approximate surface area is 147 Å². The number of hydrogen-bond donors (Lipinski definition) is 1. The first-order chi connectivity index (χ1) is 12.2. The molecule has 3 aromatic rings. The molecule has 0 aliphatic rings. The number of benzene rings is 2. The topological polar surface area (TPSA) is 51.2 Å². The van der Waals surface area contributed by atoms with Crippen LogP contribution in [0.1, 0.15) is 17.5 Å². The van der Waals surface area contributed by atoms with Crippen LogP contribution in [0.3, 0.4) is 0 Å². The van der Waals surface area contributed by atoms with Gasteiger partial charge in [0.05, 0.1) is 11.9 Å². The molecule has 2 aromatic carbocycles. The van der Waals surface area contributed by atoms with Crippen LogP contribution in [0.4, 0.5) is 5.69 Å². The molecular formula is C21H20N2O2. The van der Waals surface area contributed by atoms with Gasteiger partial charge in [0, 0.05) is 12.5 Å². The van der Waals surface area contributed by atoms with Gasteiger partial charge in [0.1, 0.15) is 5.75 Å². The van der Waals surface area contributed by atoms with Crippen molar-refractivity contribution in [1.29, 1.82) is 0 Å². The third-order valence-corrected chi connectivity index (χ3v) is 3.75. The number of carbonyl (C=O) groups is 1. The molecule has 1 N–H and O–H groups in total.